The van der Waals surface area contributed by atoms with E-state index in [4.69, 9.17) is 9.47 Å². The number of ether oxygens (including phenoxy) is 2. The molecular weight excluding hydrogens is 258 g/mol. The van der Waals surface area contributed by atoms with E-state index in [9.17, 15) is 9.59 Å². The second-order valence-corrected chi connectivity index (χ2v) is 4.17. The van der Waals surface area contributed by atoms with Gasteiger partial charge in [-0.05, 0) is 19.1 Å². The average molecular weight is 273 g/mol. The van der Waals surface area contributed by atoms with Crippen LogP contribution in [-0.2, 0) is 14.3 Å². The third-order valence-corrected chi connectivity index (χ3v) is 2.73. The number of hydrogen-bond acceptors (Lipinski definition) is 4. The number of fused-ring (bicyclic) bond motifs is 1. The summed E-state index contributed by atoms with van der Waals surface area (Å²) >= 11 is 0. The first kappa shape index (κ1) is 13.9. The molecule has 0 unspecified atom stereocenters. The number of H-pyrrole nitrogens is 1. The van der Waals surface area contributed by atoms with Gasteiger partial charge in [0.15, 0.2) is 5.75 Å². The molecule has 0 amide bonds. The summed E-state index contributed by atoms with van der Waals surface area (Å²) in [6, 6.07) is 7.28. The molecule has 2 aromatic rings. The lowest BCUT2D eigenvalue weighted by Gasteiger charge is -2.06. The smallest absolute Gasteiger partial charge is 0.339 e. The van der Waals surface area contributed by atoms with Crippen molar-refractivity contribution >= 4 is 28.4 Å². The van der Waals surface area contributed by atoms with Crippen LogP contribution < -0.4 is 4.74 Å². The van der Waals surface area contributed by atoms with E-state index in [1.165, 1.54) is 6.92 Å². The van der Waals surface area contributed by atoms with E-state index < -0.39 is 11.9 Å². The number of hydrogen-bond donors (Lipinski definition) is 1. The number of carbonyl (C=O) groups excluding carboxylic acids is 2. The van der Waals surface area contributed by atoms with Gasteiger partial charge in [-0.1, -0.05) is 18.7 Å². The zero-order chi connectivity index (χ0) is 14.7. The zero-order valence-corrected chi connectivity index (χ0v) is 11.4. The molecule has 0 bridgehead atoms. The van der Waals surface area contributed by atoms with Gasteiger partial charge in [0.1, 0.15) is 0 Å². The normalized spacial score (nSPS) is 10.3. The summed E-state index contributed by atoms with van der Waals surface area (Å²) in [7, 11) is 0. The highest BCUT2D eigenvalue weighted by atomic mass is 16.5. The Balaban J connectivity index is 2.53. The van der Waals surface area contributed by atoms with E-state index in [-0.39, 0.29) is 12.2 Å². The number of benzene rings is 1. The van der Waals surface area contributed by atoms with E-state index in [1.807, 2.05) is 18.2 Å². The largest absolute Gasteiger partial charge is 0.462 e. The molecule has 0 aliphatic carbocycles. The molecule has 1 N–H and O–H groups in total. The van der Waals surface area contributed by atoms with Crippen LogP contribution in [0, 0.1) is 0 Å². The summed E-state index contributed by atoms with van der Waals surface area (Å²) in [5.41, 5.74) is 1.24. The average Bonchev–Trinajstić information content (AvgIpc) is 2.76. The quantitative estimate of drug-likeness (QED) is 0.687. The van der Waals surface area contributed by atoms with Crippen LogP contribution in [0.4, 0.5) is 0 Å². The molecule has 1 heterocycles. The SMILES string of the molecule is C=C(C(=O)OCC)c1[nH]c2ccccc2c1OC(C)=O. The fourth-order valence-corrected chi connectivity index (χ4v) is 1.90. The molecule has 1 aromatic carbocycles. The summed E-state index contributed by atoms with van der Waals surface area (Å²) < 4.78 is 10.1. The lowest BCUT2D eigenvalue weighted by Crippen LogP contribution is -2.08. The second kappa shape index (κ2) is 5.61. The van der Waals surface area contributed by atoms with Gasteiger partial charge in [0, 0.05) is 17.8 Å². The van der Waals surface area contributed by atoms with Gasteiger partial charge in [-0.25, -0.2) is 4.79 Å². The molecule has 0 atom stereocenters. The van der Waals surface area contributed by atoms with Crippen molar-refractivity contribution < 1.29 is 19.1 Å². The molecule has 20 heavy (non-hydrogen) atoms. The first-order chi connectivity index (χ1) is 9.54. The Morgan fingerprint density at radius 2 is 2.00 bits per heavy atom. The van der Waals surface area contributed by atoms with Gasteiger partial charge in [-0.3, -0.25) is 4.79 Å². The number of nitrogens with one attached hydrogen (secondary N) is 1. The molecule has 0 saturated heterocycles. The maximum atomic E-state index is 11.8. The molecule has 2 rings (SSSR count). The van der Waals surface area contributed by atoms with Crippen molar-refractivity contribution in [2.45, 2.75) is 13.8 Å². The van der Waals surface area contributed by atoms with Crippen LogP contribution in [-0.4, -0.2) is 23.5 Å². The van der Waals surface area contributed by atoms with E-state index in [0.29, 0.717) is 16.8 Å². The lowest BCUT2D eigenvalue weighted by molar-refractivity contribution is -0.136. The van der Waals surface area contributed by atoms with Crippen molar-refractivity contribution in [1.29, 1.82) is 0 Å². The number of esters is 2. The van der Waals surface area contributed by atoms with Gasteiger partial charge in [0.25, 0.3) is 0 Å². The number of carbonyl (C=O) groups is 2. The Kier molecular flexibility index (Phi) is 3.89. The first-order valence-corrected chi connectivity index (χ1v) is 6.20. The van der Waals surface area contributed by atoms with E-state index in [2.05, 4.69) is 11.6 Å². The van der Waals surface area contributed by atoms with Crippen molar-refractivity contribution in [3.05, 3.63) is 36.5 Å². The van der Waals surface area contributed by atoms with E-state index >= 15 is 0 Å². The fraction of sp³-hybridized carbons (Fsp3) is 0.200. The Hall–Kier alpha value is -2.56. The minimum atomic E-state index is -0.549. The number of para-hydroxylation sites is 1. The molecule has 0 radical (unpaired) electrons. The van der Waals surface area contributed by atoms with Crippen LogP contribution in [0.15, 0.2) is 30.8 Å². The maximum Gasteiger partial charge on any atom is 0.339 e. The van der Waals surface area contributed by atoms with E-state index in [0.717, 1.165) is 5.52 Å². The van der Waals surface area contributed by atoms with Gasteiger partial charge < -0.3 is 14.5 Å². The standard InChI is InChI=1S/C15H15NO4/c1-4-19-15(18)9(2)13-14(20-10(3)17)11-7-5-6-8-12(11)16-13/h5-8,16H,2,4H2,1,3H3. The molecule has 104 valence electrons. The highest BCUT2D eigenvalue weighted by Gasteiger charge is 2.21. The van der Waals surface area contributed by atoms with Crippen LogP contribution in [0.1, 0.15) is 19.5 Å². The minimum absolute atomic E-state index is 0.124. The molecule has 0 aliphatic heterocycles. The van der Waals surface area contributed by atoms with Crippen molar-refractivity contribution in [3.63, 3.8) is 0 Å². The molecule has 0 aliphatic rings. The molecule has 1 aromatic heterocycles. The van der Waals surface area contributed by atoms with Crippen LogP contribution in [0.5, 0.6) is 5.75 Å². The Morgan fingerprint density at radius 3 is 2.65 bits per heavy atom. The highest BCUT2D eigenvalue weighted by Crippen LogP contribution is 2.34. The highest BCUT2D eigenvalue weighted by molar-refractivity contribution is 6.17. The minimum Gasteiger partial charge on any atom is -0.462 e. The van der Waals surface area contributed by atoms with Gasteiger partial charge in [-0.2, -0.15) is 0 Å². The van der Waals surface area contributed by atoms with Crippen molar-refractivity contribution in [2.75, 3.05) is 6.61 Å². The van der Waals surface area contributed by atoms with Crippen LogP contribution in [0.25, 0.3) is 16.5 Å². The molecule has 5 heteroatoms. The second-order valence-electron chi connectivity index (χ2n) is 4.17. The fourth-order valence-electron chi connectivity index (χ4n) is 1.90. The van der Waals surface area contributed by atoms with Gasteiger partial charge >= 0.3 is 11.9 Å². The van der Waals surface area contributed by atoms with Gasteiger partial charge in [0.2, 0.25) is 0 Å². The topological polar surface area (TPSA) is 68.4 Å². The number of rotatable bonds is 4. The monoisotopic (exact) mass is 273 g/mol. The first-order valence-electron chi connectivity index (χ1n) is 6.20. The zero-order valence-electron chi connectivity index (χ0n) is 11.4. The van der Waals surface area contributed by atoms with Crippen LogP contribution in [0.3, 0.4) is 0 Å². The third-order valence-electron chi connectivity index (χ3n) is 2.73. The Bertz CT molecular complexity index is 684. The van der Waals surface area contributed by atoms with Crippen molar-refractivity contribution in [1.82, 2.24) is 4.98 Å². The molecular formula is C15H15NO4. The lowest BCUT2D eigenvalue weighted by atomic mass is 10.2. The van der Waals surface area contributed by atoms with Gasteiger partial charge in [0.05, 0.1) is 17.9 Å². The number of aromatic nitrogens is 1. The number of aromatic amines is 1. The summed E-state index contributed by atoms with van der Waals surface area (Å²) in [4.78, 5) is 26.1. The predicted molar refractivity (Wildman–Crippen MR) is 75.3 cm³/mol. The van der Waals surface area contributed by atoms with Gasteiger partial charge in [-0.15, -0.1) is 0 Å². The predicted octanol–water partition coefficient (Wildman–Crippen LogP) is 2.67. The maximum absolute atomic E-state index is 11.8. The Morgan fingerprint density at radius 1 is 1.30 bits per heavy atom. The van der Waals surface area contributed by atoms with Crippen LogP contribution in [0.2, 0.25) is 0 Å². The van der Waals surface area contributed by atoms with Crippen molar-refractivity contribution in [3.8, 4) is 5.75 Å². The summed E-state index contributed by atoms with van der Waals surface area (Å²) in [5.74, 6) is -0.716. The molecule has 0 fully saturated rings. The van der Waals surface area contributed by atoms with E-state index in [1.54, 1.807) is 13.0 Å². The third kappa shape index (κ3) is 2.56. The summed E-state index contributed by atoms with van der Waals surface area (Å²) in [6.07, 6.45) is 0. The van der Waals surface area contributed by atoms with Crippen molar-refractivity contribution in [2.24, 2.45) is 0 Å². The summed E-state index contributed by atoms with van der Waals surface area (Å²) in [5, 5.41) is 0.711. The summed E-state index contributed by atoms with van der Waals surface area (Å²) in [6.45, 7) is 6.98. The molecule has 0 saturated carbocycles. The Labute approximate surface area is 116 Å². The molecule has 0 spiro atoms. The van der Waals surface area contributed by atoms with Crippen LogP contribution >= 0.6 is 0 Å². The molecule has 5 nitrogen and oxygen atoms in total.